The van der Waals surface area contributed by atoms with Gasteiger partial charge in [0.05, 0.1) is 5.69 Å². The molecule has 4 heteroatoms. The lowest BCUT2D eigenvalue weighted by molar-refractivity contribution is -0.133. The van der Waals surface area contributed by atoms with E-state index in [1.807, 2.05) is 18.3 Å². The highest BCUT2D eigenvalue weighted by Crippen LogP contribution is 2.49. The maximum atomic E-state index is 14.0. The second-order valence-electron chi connectivity index (χ2n) is 10.3. The van der Waals surface area contributed by atoms with Crippen LogP contribution < -0.4 is 0 Å². The van der Waals surface area contributed by atoms with Crippen LogP contribution in [0.15, 0.2) is 42.1 Å². The maximum absolute atomic E-state index is 14.0. The number of hydrogen-bond acceptors (Lipinski definition) is 2. The van der Waals surface area contributed by atoms with Crippen molar-refractivity contribution in [2.45, 2.75) is 57.8 Å². The molecule has 3 aliphatic carbocycles. The van der Waals surface area contributed by atoms with Gasteiger partial charge in [0.15, 0.2) is 0 Å². The van der Waals surface area contributed by atoms with Gasteiger partial charge in [-0.1, -0.05) is 24.1 Å². The lowest BCUT2D eigenvalue weighted by Gasteiger charge is -2.32. The molecule has 6 rings (SSSR count). The fourth-order valence-corrected chi connectivity index (χ4v) is 6.89. The van der Waals surface area contributed by atoms with Crippen LogP contribution in [0.2, 0.25) is 0 Å². The number of nitrogens with zero attached hydrogens (tertiary/aromatic N) is 2. The summed E-state index contributed by atoms with van der Waals surface area (Å²) in [6, 6.07) is 9.34. The van der Waals surface area contributed by atoms with E-state index in [-0.39, 0.29) is 5.82 Å². The lowest BCUT2D eigenvalue weighted by atomic mass is 9.85. The number of aromatic nitrogens is 1. The first-order chi connectivity index (χ1) is 15.7. The normalized spacial score (nSPS) is 26.7. The van der Waals surface area contributed by atoms with Gasteiger partial charge < -0.3 is 4.90 Å². The van der Waals surface area contributed by atoms with Crippen molar-refractivity contribution in [1.82, 2.24) is 9.88 Å². The van der Waals surface area contributed by atoms with Crippen molar-refractivity contribution in [2.24, 2.45) is 17.8 Å². The fraction of sp³-hybridized carbons (Fsp3) is 0.500. The monoisotopic (exact) mass is 430 g/mol. The van der Waals surface area contributed by atoms with Crippen LogP contribution in [0.25, 0.3) is 5.57 Å². The van der Waals surface area contributed by atoms with Crippen molar-refractivity contribution in [3.8, 4) is 0 Å². The van der Waals surface area contributed by atoms with E-state index in [0.29, 0.717) is 11.8 Å². The third-order valence-electron chi connectivity index (χ3n) is 8.52. The molecular formula is C28H31FN2O. The van der Waals surface area contributed by atoms with Gasteiger partial charge in [-0.2, -0.15) is 0 Å². The van der Waals surface area contributed by atoms with Crippen molar-refractivity contribution >= 4 is 11.5 Å². The largest absolute Gasteiger partial charge is 0.342 e. The quantitative estimate of drug-likeness (QED) is 0.624. The third kappa shape index (κ3) is 3.58. The number of piperidine rings is 1. The molecule has 3 nitrogen and oxygen atoms in total. The van der Waals surface area contributed by atoms with Gasteiger partial charge in [-0.25, -0.2) is 4.39 Å². The molecule has 4 aliphatic rings. The van der Waals surface area contributed by atoms with Crippen molar-refractivity contribution in [3.05, 3.63) is 70.3 Å². The molecule has 1 saturated heterocycles. The van der Waals surface area contributed by atoms with Crippen molar-refractivity contribution in [2.75, 3.05) is 13.1 Å². The van der Waals surface area contributed by atoms with E-state index in [1.54, 1.807) is 12.1 Å². The Labute approximate surface area is 189 Å². The van der Waals surface area contributed by atoms with E-state index in [0.717, 1.165) is 73.9 Å². The second-order valence-corrected chi connectivity index (χ2v) is 10.3. The molecular weight excluding hydrogens is 399 g/mol. The van der Waals surface area contributed by atoms with Gasteiger partial charge in [-0.15, -0.1) is 0 Å². The summed E-state index contributed by atoms with van der Waals surface area (Å²) in [6.07, 6.45) is 11.4. The molecule has 1 unspecified atom stereocenters. The van der Waals surface area contributed by atoms with E-state index >= 15 is 0 Å². The number of rotatable bonds is 2. The zero-order chi connectivity index (χ0) is 21.7. The Kier molecular flexibility index (Phi) is 5.12. The Bertz CT molecular complexity index is 1080. The molecule has 0 N–H and O–H groups in total. The highest BCUT2D eigenvalue weighted by Gasteiger charge is 2.40. The van der Waals surface area contributed by atoms with Crippen LogP contribution in [0, 0.1) is 23.6 Å². The molecule has 166 valence electrons. The minimum Gasteiger partial charge on any atom is -0.342 e. The molecule has 1 aromatic heterocycles. The Morgan fingerprint density at radius 1 is 1.03 bits per heavy atom. The highest BCUT2D eigenvalue weighted by atomic mass is 19.1. The summed E-state index contributed by atoms with van der Waals surface area (Å²) in [4.78, 5) is 19.9. The number of fused-ring (bicyclic) bond motifs is 4. The Hall–Kier alpha value is -2.49. The van der Waals surface area contributed by atoms with Crippen LogP contribution in [0.1, 0.15) is 67.3 Å². The predicted octanol–water partition coefficient (Wildman–Crippen LogP) is 5.57. The van der Waals surface area contributed by atoms with Gasteiger partial charge in [-0.3, -0.25) is 9.78 Å². The number of halogens is 1. The number of likely N-dealkylation sites (tertiary alicyclic amines) is 1. The van der Waals surface area contributed by atoms with Gasteiger partial charge in [0.25, 0.3) is 0 Å². The molecule has 1 amide bonds. The molecule has 3 atom stereocenters. The average molecular weight is 431 g/mol. The first-order valence-electron chi connectivity index (χ1n) is 12.4. The van der Waals surface area contributed by atoms with Gasteiger partial charge in [0.1, 0.15) is 5.82 Å². The van der Waals surface area contributed by atoms with Crippen molar-refractivity contribution < 1.29 is 9.18 Å². The summed E-state index contributed by atoms with van der Waals surface area (Å²) in [5.74, 6) is 2.50. The minimum atomic E-state index is -0.173. The molecule has 32 heavy (non-hydrogen) atoms. The molecule has 3 fully saturated rings. The number of amides is 1. The van der Waals surface area contributed by atoms with E-state index in [2.05, 4.69) is 11.0 Å². The van der Waals surface area contributed by atoms with E-state index in [4.69, 9.17) is 4.98 Å². The van der Waals surface area contributed by atoms with Crippen LogP contribution in [0.3, 0.4) is 0 Å². The van der Waals surface area contributed by atoms with Crippen molar-refractivity contribution in [1.29, 1.82) is 0 Å². The topological polar surface area (TPSA) is 33.2 Å². The van der Waals surface area contributed by atoms with Gasteiger partial charge in [0, 0.05) is 31.3 Å². The molecule has 1 aromatic carbocycles. The molecule has 2 aromatic rings. The van der Waals surface area contributed by atoms with Crippen LogP contribution in [0.4, 0.5) is 4.39 Å². The summed E-state index contributed by atoms with van der Waals surface area (Å²) in [7, 11) is 0. The number of benzene rings is 1. The lowest BCUT2D eigenvalue weighted by Crippen LogP contribution is -2.38. The molecule has 1 aliphatic heterocycles. The molecule has 0 radical (unpaired) electrons. The number of pyridine rings is 1. The first-order valence-corrected chi connectivity index (χ1v) is 12.4. The van der Waals surface area contributed by atoms with Crippen LogP contribution in [0.5, 0.6) is 0 Å². The van der Waals surface area contributed by atoms with Crippen LogP contribution in [-0.2, 0) is 17.6 Å². The SMILES string of the molecule is O=C(CC1C[C@H]2CC[C@@H]1C2)N1CCC(=C2c3ccc(F)cc3CCc3cccnc32)CC1. The molecule has 2 saturated carbocycles. The second kappa shape index (κ2) is 8.13. The van der Waals surface area contributed by atoms with Gasteiger partial charge >= 0.3 is 0 Å². The number of aryl methyl sites for hydroxylation is 2. The molecule has 2 bridgehead atoms. The Morgan fingerprint density at radius 3 is 2.66 bits per heavy atom. The summed E-state index contributed by atoms with van der Waals surface area (Å²) in [5, 5.41) is 0. The molecule has 2 heterocycles. The summed E-state index contributed by atoms with van der Waals surface area (Å²) < 4.78 is 14.0. The Morgan fingerprint density at radius 2 is 1.88 bits per heavy atom. The van der Waals surface area contributed by atoms with Gasteiger partial charge in [-0.05, 0) is 97.6 Å². The van der Waals surface area contributed by atoms with Gasteiger partial charge in [0.2, 0.25) is 5.91 Å². The zero-order valence-electron chi connectivity index (χ0n) is 18.7. The number of hydrogen-bond donors (Lipinski definition) is 0. The third-order valence-corrected chi connectivity index (χ3v) is 8.52. The maximum Gasteiger partial charge on any atom is 0.222 e. The van der Waals surface area contributed by atoms with Crippen LogP contribution in [-0.4, -0.2) is 28.9 Å². The average Bonchev–Trinajstić information content (AvgIpc) is 3.39. The molecule has 0 spiro atoms. The van der Waals surface area contributed by atoms with Crippen LogP contribution >= 0.6 is 0 Å². The summed E-state index contributed by atoms with van der Waals surface area (Å²) in [6.45, 7) is 1.58. The minimum absolute atomic E-state index is 0.173. The fourth-order valence-electron chi connectivity index (χ4n) is 6.89. The Balaban J connectivity index is 1.25. The summed E-state index contributed by atoms with van der Waals surface area (Å²) >= 11 is 0. The standard InChI is InChI=1S/C28H31FN2O/c29-24-7-8-25-22(16-24)6-5-20-2-1-11-30-28(20)27(25)19-9-12-31(13-10-19)26(32)17-23-15-18-3-4-21(23)14-18/h1-2,7-8,11,16,18,21,23H,3-6,9-10,12-15,17H2/t18-,21+,23?/m0/s1. The number of carbonyl (C=O) groups is 1. The van der Waals surface area contributed by atoms with Crippen molar-refractivity contribution in [3.63, 3.8) is 0 Å². The van der Waals surface area contributed by atoms with E-state index in [9.17, 15) is 9.18 Å². The number of carbonyl (C=O) groups excluding carboxylic acids is 1. The predicted molar refractivity (Wildman–Crippen MR) is 123 cm³/mol. The zero-order valence-corrected chi connectivity index (χ0v) is 18.7. The van der Waals surface area contributed by atoms with E-state index in [1.165, 1.54) is 42.4 Å². The summed E-state index contributed by atoms with van der Waals surface area (Å²) in [5.41, 5.74) is 7.04. The highest BCUT2D eigenvalue weighted by molar-refractivity contribution is 5.85. The van der Waals surface area contributed by atoms with E-state index < -0.39 is 0 Å². The first kappa shape index (κ1) is 20.1. The smallest absolute Gasteiger partial charge is 0.222 e.